The average Bonchev–Trinajstić information content (AvgIpc) is 2.05. The summed E-state index contributed by atoms with van der Waals surface area (Å²) in [6, 6.07) is 0. The Morgan fingerprint density at radius 3 is 3.30 bits per heavy atom. The molecule has 0 saturated heterocycles. The zero-order valence-electron chi connectivity index (χ0n) is 5.67. The van der Waals surface area contributed by atoms with E-state index in [0.29, 0.717) is 0 Å². The number of allylic oxidation sites excluding steroid dienone is 5. The third-order valence-corrected chi connectivity index (χ3v) is 1.74. The molecule has 0 saturated carbocycles. The topological polar surface area (TPSA) is 26.1 Å². The Labute approximate surface area is 60.3 Å². The van der Waals surface area contributed by atoms with Crippen molar-refractivity contribution in [3.8, 4) is 0 Å². The molecule has 0 spiro atoms. The Kier molecular flexibility index (Phi) is 1.24. The van der Waals surface area contributed by atoms with Crippen molar-refractivity contribution in [3.63, 3.8) is 0 Å². The van der Waals surface area contributed by atoms with Crippen molar-refractivity contribution in [1.82, 2.24) is 10.9 Å². The molecular formula is C8H9N2. The second-order valence-corrected chi connectivity index (χ2v) is 2.43. The zero-order chi connectivity index (χ0) is 6.81. The summed E-state index contributed by atoms with van der Waals surface area (Å²) in [5.41, 5.74) is 9.46. The summed E-state index contributed by atoms with van der Waals surface area (Å²) in [5, 5.41) is 0. The number of nitrogens with zero attached hydrogens (tertiary/aromatic N) is 1. The van der Waals surface area contributed by atoms with E-state index in [-0.39, 0.29) is 0 Å². The molecule has 10 heavy (non-hydrogen) atoms. The van der Waals surface area contributed by atoms with Crippen LogP contribution in [0.15, 0.2) is 35.7 Å². The van der Waals surface area contributed by atoms with Crippen molar-refractivity contribution >= 4 is 0 Å². The van der Waals surface area contributed by atoms with E-state index in [1.807, 2.05) is 6.08 Å². The molecule has 2 nitrogen and oxygen atoms in total. The van der Waals surface area contributed by atoms with Crippen LogP contribution in [0, 0.1) is 0 Å². The Morgan fingerprint density at radius 2 is 2.40 bits per heavy atom. The third-order valence-electron chi connectivity index (χ3n) is 1.74. The minimum atomic E-state index is 1.10. The summed E-state index contributed by atoms with van der Waals surface area (Å²) in [6.45, 7) is 0. The molecule has 0 bridgehead atoms. The van der Waals surface area contributed by atoms with Gasteiger partial charge in [0.1, 0.15) is 0 Å². The Hall–Kier alpha value is -1.18. The van der Waals surface area contributed by atoms with Crippen LogP contribution in [0.5, 0.6) is 0 Å². The fourth-order valence-electron chi connectivity index (χ4n) is 1.19. The van der Waals surface area contributed by atoms with Crippen molar-refractivity contribution < 1.29 is 0 Å². The van der Waals surface area contributed by atoms with Crippen LogP contribution in [0.1, 0.15) is 12.8 Å². The minimum Gasteiger partial charge on any atom is -0.282 e. The maximum absolute atomic E-state index is 3.94. The molecule has 1 radical (unpaired) electrons. The van der Waals surface area contributed by atoms with E-state index in [9.17, 15) is 0 Å². The minimum absolute atomic E-state index is 1.10. The van der Waals surface area contributed by atoms with Crippen molar-refractivity contribution in [2.75, 3.05) is 0 Å². The van der Waals surface area contributed by atoms with Gasteiger partial charge in [-0.25, -0.2) is 0 Å². The normalized spacial score (nSPS) is 21.6. The van der Waals surface area contributed by atoms with Gasteiger partial charge in [-0.15, -0.1) is 0 Å². The van der Waals surface area contributed by atoms with Gasteiger partial charge in [0.2, 0.25) is 0 Å². The fraction of sp³-hybridized carbons (Fsp3) is 0.250. The molecule has 1 aliphatic heterocycles. The van der Waals surface area contributed by atoms with Crippen molar-refractivity contribution in [2.45, 2.75) is 12.8 Å². The highest BCUT2D eigenvalue weighted by atomic mass is 15.4. The Morgan fingerprint density at radius 1 is 1.40 bits per heavy atom. The molecule has 0 atom stereocenters. The van der Waals surface area contributed by atoms with Crippen LogP contribution in [0.3, 0.4) is 0 Å². The van der Waals surface area contributed by atoms with Gasteiger partial charge >= 0.3 is 0 Å². The Balaban J connectivity index is 2.32. The summed E-state index contributed by atoms with van der Waals surface area (Å²) in [4.78, 5) is 0. The standard InChI is InChI=1S/C8H9N2/c1-2-4-8-7(3-1)5-6-9-10-8/h1,3,5-6,10H,2,4H2. The second kappa shape index (κ2) is 2.21. The summed E-state index contributed by atoms with van der Waals surface area (Å²) < 4.78 is 0. The van der Waals surface area contributed by atoms with Gasteiger partial charge in [-0.2, -0.15) is 5.43 Å². The summed E-state index contributed by atoms with van der Waals surface area (Å²) in [5.74, 6) is 0. The summed E-state index contributed by atoms with van der Waals surface area (Å²) in [6.07, 6.45) is 10.4. The molecule has 51 valence electrons. The van der Waals surface area contributed by atoms with Crippen LogP contribution in [0.2, 0.25) is 0 Å². The lowest BCUT2D eigenvalue weighted by atomic mass is 10.0. The van der Waals surface area contributed by atoms with E-state index in [0.717, 1.165) is 12.8 Å². The molecule has 0 aromatic rings. The molecule has 0 unspecified atom stereocenters. The molecule has 0 aromatic carbocycles. The molecule has 2 aliphatic rings. The molecule has 0 aromatic heterocycles. The van der Waals surface area contributed by atoms with Crippen LogP contribution >= 0.6 is 0 Å². The molecular weight excluding hydrogens is 124 g/mol. The zero-order valence-corrected chi connectivity index (χ0v) is 5.67. The molecule has 0 amide bonds. The first-order chi connectivity index (χ1) is 4.97. The van der Waals surface area contributed by atoms with Crippen LogP contribution in [-0.2, 0) is 0 Å². The lowest BCUT2D eigenvalue weighted by Gasteiger charge is -2.17. The Bertz CT molecular complexity index is 201. The second-order valence-electron chi connectivity index (χ2n) is 2.43. The van der Waals surface area contributed by atoms with Gasteiger partial charge in [0.15, 0.2) is 0 Å². The van der Waals surface area contributed by atoms with Crippen LogP contribution in [-0.4, -0.2) is 0 Å². The summed E-state index contributed by atoms with van der Waals surface area (Å²) in [7, 11) is 0. The van der Waals surface area contributed by atoms with Gasteiger partial charge in [-0.3, -0.25) is 5.43 Å². The van der Waals surface area contributed by atoms with Gasteiger partial charge in [0.25, 0.3) is 0 Å². The lowest BCUT2D eigenvalue weighted by molar-refractivity contribution is 0.655. The molecule has 2 heteroatoms. The average molecular weight is 133 g/mol. The van der Waals surface area contributed by atoms with Crippen LogP contribution in [0.25, 0.3) is 0 Å². The van der Waals surface area contributed by atoms with Crippen LogP contribution < -0.4 is 10.9 Å². The smallest absolute Gasteiger partial charge is 0.0478 e. The van der Waals surface area contributed by atoms with E-state index in [1.54, 1.807) is 6.20 Å². The number of nitrogens with one attached hydrogen (secondary N) is 1. The first kappa shape index (κ1) is 5.59. The van der Waals surface area contributed by atoms with Gasteiger partial charge in [0.05, 0.1) is 0 Å². The number of rotatable bonds is 0. The summed E-state index contributed by atoms with van der Waals surface area (Å²) >= 11 is 0. The molecule has 2 rings (SSSR count). The highest BCUT2D eigenvalue weighted by Gasteiger charge is 2.07. The SMILES string of the molecule is C1=CC2=C(CC1)N[N]C=C2. The maximum atomic E-state index is 3.94. The van der Waals surface area contributed by atoms with Gasteiger partial charge < -0.3 is 0 Å². The van der Waals surface area contributed by atoms with Crippen molar-refractivity contribution in [2.24, 2.45) is 0 Å². The number of hydrogen-bond donors (Lipinski definition) is 1. The van der Waals surface area contributed by atoms with E-state index in [4.69, 9.17) is 0 Å². The molecule has 0 fully saturated rings. The monoisotopic (exact) mass is 133 g/mol. The fourth-order valence-corrected chi connectivity index (χ4v) is 1.19. The predicted octanol–water partition coefficient (Wildman–Crippen LogP) is 1.23. The highest BCUT2D eigenvalue weighted by molar-refractivity contribution is 5.38. The largest absolute Gasteiger partial charge is 0.282 e. The van der Waals surface area contributed by atoms with E-state index < -0.39 is 0 Å². The molecule has 1 N–H and O–H groups in total. The van der Waals surface area contributed by atoms with Gasteiger partial charge in [-0.1, -0.05) is 12.2 Å². The first-order valence-electron chi connectivity index (χ1n) is 3.49. The van der Waals surface area contributed by atoms with Gasteiger partial charge in [-0.05, 0) is 24.5 Å². The first-order valence-corrected chi connectivity index (χ1v) is 3.49. The third kappa shape index (κ3) is 0.817. The highest BCUT2D eigenvalue weighted by Crippen LogP contribution is 2.18. The van der Waals surface area contributed by atoms with Crippen molar-refractivity contribution in [3.05, 3.63) is 35.7 Å². The molecule has 1 heterocycles. The van der Waals surface area contributed by atoms with Gasteiger partial charge in [0, 0.05) is 11.9 Å². The maximum Gasteiger partial charge on any atom is 0.0478 e. The lowest BCUT2D eigenvalue weighted by Crippen LogP contribution is -2.24. The quantitative estimate of drug-likeness (QED) is 0.528. The van der Waals surface area contributed by atoms with E-state index >= 15 is 0 Å². The van der Waals surface area contributed by atoms with E-state index in [1.165, 1.54) is 11.3 Å². The predicted molar refractivity (Wildman–Crippen MR) is 39.8 cm³/mol. The van der Waals surface area contributed by atoms with E-state index in [2.05, 4.69) is 23.0 Å². The van der Waals surface area contributed by atoms with Crippen molar-refractivity contribution in [1.29, 1.82) is 0 Å². The molecule has 1 aliphatic carbocycles. The van der Waals surface area contributed by atoms with Crippen LogP contribution in [0.4, 0.5) is 0 Å². The number of hydrogen-bond acceptors (Lipinski definition) is 1.